The van der Waals surface area contributed by atoms with E-state index in [-0.39, 0.29) is 5.91 Å². The van der Waals surface area contributed by atoms with Gasteiger partial charge in [0.1, 0.15) is 10.7 Å². The van der Waals surface area contributed by atoms with Crippen LogP contribution in [0.15, 0.2) is 35.7 Å². The Kier molecular flexibility index (Phi) is 3.85. The Morgan fingerprint density at radius 3 is 2.76 bits per heavy atom. The Bertz CT molecular complexity index is 495. The van der Waals surface area contributed by atoms with E-state index in [0.29, 0.717) is 18.8 Å². The second kappa shape index (κ2) is 5.56. The fraction of sp³-hybridized carbons (Fsp3) is 0.167. The van der Waals surface area contributed by atoms with Crippen LogP contribution >= 0.6 is 11.3 Å². The molecule has 0 saturated heterocycles. The van der Waals surface area contributed by atoms with Gasteiger partial charge in [-0.15, -0.1) is 11.3 Å². The molecule has 1 amide bonds. The molecule has 0 saturated carbocycles. The third kappa shape index (κ3) is 3.12. The number of aromatic nitrogens is 1. The molecule has 0 fully saturated rings. The maximum atomic E-state index is 11.7. The smallest absolute Gasteiger partial charge is 0.271 e. The van der Waals surface area contributed by atoms with E-state index in [1.807, 2.05) is 30.3 Å². The summed E-state index contributed by atoms with van der Waals surface area (Å²) in [7, 11) is 0. The number of nitrogens with zero attached hydrogens (tertiary/aromatic N) is 1. The number of benzene rings is 1. The number of rotatable bonds is 4. The zero-order chi connectivity index (χ0) is 12.1. The van der Waals surface area contributed by atoms with Crippen LogP contribution in [0.5, 0.6) is 0 Å². The number of hydrogen-bond acceptors (Lipinski definition) is 4. The van der Waals surface area contributed by atoms with Crippen LogP contribution in [0.25, 0.3) is 0 Å². The zero-order valence-corrected chi connectivity index (χ0v) is 10.0. The number of nitrogens with two attached hydrogens (primary N) is 1. The van der Waals surface area contributed by atoms with Gasteiger partial charge in [-0.2, -0.15) is 0 Å². The Labute approximate surface area is 103 Å². The monoisotopic (exact) mass is 247 g/mol. The molecule has 0 radical (unpaired) electrons. The van der Waals surface area contributed by atoms with E-state index in [1.54, 1.807) is 5.38 Å². The number of amides is 1. The molecule has 88 valence electrons. The lowest BCUT2D eigenvalue weighted by Gasteiger charge is -2.02. The molecule has 0 bridgehead atoms. The molecule has 0 spiro atoms. The van der Waals surface area contributed by atoms with Crippen LogP contribution in [-0.4, -0.2) is 10.9 Å². The number of carbonyl (C=O) groups excluding carboxylic acids is 1. The zero-order valence-electron chi connectivity index (χ0n) is 9.22. The van der Waals surface area contributed by atoms with Crippen LogP contribution in [0.3, 0.4) is 0 Å². The molecule has 0 aliphatic carbocycles. The van der Waals surface area contributed by atoms with E-state index in [9.17, 15) is 4.79 Å². The molecule has 1 aromatic carbocycles. The highest BCUT2D eigenvalue weighted by molar-refractivity contribution is 7.09. The van der Waals surface area contributed by atoms with E-state index in [0.717, 1.165) is 10.6 Å². The van der Waals surface area contributed by atoms with Gasteiger partial charge in [0.15, 0.2) is 0 Å². The average Bonchev–Trinajstić information content (AvgIpc) is 2.86. The first kappa shape index (κ1) is 11.8. The van der Waals surface area contributed by atoms with Crippen molar-refractivity contribution in [3.8, 4) is 0 Å². The Morgan fingerprint density at radius 2 is 2.12 bits per heavy atom. The summed E-state index contributed by atoms with van der Waals surface area (Å²) < 4.78 is 0. The molecule has 17 heavy (non-hydrogen) atoms. The quantitative estimate of drug-likeness (QED) is 0.861. The van der Waals surface area contributed by atoms with E-state index in [1.165, 1.54) is 11.3 Å². The third-order valence-corrected chi connectivity index (χ3v) is 3.13. The predicted octanol–water partition coefficient (Wildman–Crippen LogP) is 1.53. The SMILES string of the molecule is NCc1nc(C(=O)NCc2ccccc2)cs1. The van der Waals surface area contributed by atoms with Gasteiger partial charge in [0, 0.05) is 18.5 Å². The van der Waals surface area contributed by atoms with Crippen molar-refractivity contribution in [1.29, 1.82) is 0 Å². The van der Waals surface area contributed by atoms with Crippen molar-refractivity contribution >= 4 is 17.2 Å². The highest BCUT2D eigenvalue weighted by Gasteiger charge is 2.09. The average molecular weight is 247 g/mol. The van der Waals surface area contributed by atoms with Crippen molar-refractivity contribution in [2.75, 3.05) is 0 Å². The third-order valence-electron chi connectivity index (χ3n) is 2.25. The molecule has 0 atom stereocenters. The maximum Gasteiger partial charge on any atom is 0.271 e. The molecule has 3 N–H and O–H groups in total. The molecule has 0 unspecified atom stereocenters. The Hall–Kier alpha value is -1.72. The summed E-state index contributed by atoms with van der Waals surface area (Å²) in [5, 5.41) is 5.31. The standard InChI is InChI=1S/C12H13N3OS/c13-6-11-15-10(8-17-11)12(16)14-7-9-4-2-1-3-5-9/h1-5,8H,6-7,13H2,(H,14,16). The van der Waals surface area contributed by atoms with Crippen molar-refractivity contribution in [3.05, 3.63) is 52.0 Å². The predicted molar refractivity (Wildman–Crippen MR) is 67.6 cm³/mol. The first-order valence-electron chi connectivity index (χ1n) is 5.26. The first-order chi connectivity index (χ1) is 8.29. The van der Waals surface area contributed by atoms with Gasteiger partial charge in [-0.1, -0.05) is 30.3 Å². The summed E-state index contributed by atoms with van der Waals surface area (Å²) in [5.41, 5.74) is 6.95. The topological polar surface area (TPSA) is 68.0 Å². The van der Waals surface area contributed by atoms with E-state index in [4.69, 9.17) is 5.73 Å². The molecule has 5 heteroatoms. The van der Waals surface area contributed by atoms with Crippen molar-refractivity contribution in [2.24, 2.45) is 5.73 Å². The fourth-order valence-corrected chi connectivity index (χ4v) is 2.03. The second-order valence-corrected chi connectivity index (χ2v) is 4.44. The van der Waals surface area contributed by atoms with Crippen molar-refractivity contribution in [3.63, 3.8) is 0 Å². The van der Waals surface area contributed by atoms with Crippen LogP contribution in [0.4, 0.5) is 0 Å². The molecular weight excluding hydrogens is 234 g/mol. The van der Waals surface area contributed by atoms with E-state index < -0.39 is 0 Å². The molecule has 0 aliphatic heterocycles. The maximum absolute atomic E-state index is 11.7. The van der Waals surface area contributed by atoms with Gasteiger partial charge in [0.25, 0.3) is 5.91 Å². The minimum Gasteiger partial charge on any atom is -0.347 e. The molecule has 2 rings (SSSR count). The lowest BCUT2D eigenvalue weighted by atomic mass is 10.2. The highest BCUT2D eigenvalue weighted by atomic mass is 32.1. The lowest BCUT2D eigenvalue weighted by Crippen LogP contribution is -2.23. The fourth-order valence-electron chi connectivity index (χ4n) is 1.38. The van der Waals surface area contributed by atoms with E-state index >= 15 is 0 Å². The summed E-state index contributed by atoms with van der Waals surface area (Å²) in [6, 6.07) is 9.76. The lowest BCUT2D eigenvalue weighted by molar-refractivity contribution is 0.0946. The van der Waals surface area contributed by atoms with Crippen molar-refractivity contribution in [2.45, 2.75) is 13.1 Å². The summed E-state index contributed by atoms with van der Waals surface area (Å²) in [4.78, 5) is 15.9. The normalized spacial score (nSPS) is 10.2. The van der Waals surface area contributed by atoms with Crippen LogP contribution in [-0.2, 0) is 13.1 Å². The number of nitrogens with one attached hydrogen (secondary N) is 1. The van der Waals surface area contributed by atoms with Crippen molar-refractivity contribution < 1.29 is 4.79 Å². The molecule has 1 heterocycles. The van der Waals surface area contributed by atoms with Gasteiger partial charge in [-0.3, -0.25) is 4.79 Å². The molecule has 4 nitrogen and oxygen atoms in total. The number of thiazole rings is 1. The second-order valence-electron chi connectivity index (χ2n) is 3.50. The van der Waals surface area contributed by atoms with Crippen LogP contribution < -0.4 is 11.1 Å². The van der Waals surface area contributed by atoms with Gasteiger partial charge >= 0.3 is 0 Å². The summed E-state index contributed by atoms with van der Waals surface area (Å²) in [6.07, 6.45) is 0. The molecule has 0 aliphatic rings. The van der Waals surface area contributed by atoms with Crippen LogP contribution in [0.2, 0.25) is 0 Å². The summed E-state index contributed by atoms with van der Waals surface area (Å²) in [6.45, 7) is 0.881. The van der Waals surface area contributed by atoms with E-state index in [2.05, 4.69) is 10.3 Å². The van der Waals surface area contributed by atoms with Crippen LogP contribution in [0.1, 0.15) is 21.1 Å². The van der Waals surface area contributed by atoms with Gasteiger partial charge in [-0.05, 0) is 5.56 Å². The van der Waals surface area contributed by atoms with Crippen LogP contribution in [0, 0.1) is 0 Å². The largest absolute Gasteiger partial charge is 0.347 e. The Morgan fingerprint density at radius 1 is 1.35 bits per heavy atom. The Balaban J connectivity index is 1.93. The summed E-state index contributed by atoms with van der Waals surface area (Å²) >= 11 is 1.40. The molecule has 1 aromatic heterocycles. The van der Waals surface area contributed by atoms with Gasteiger partial charge < -0.3 is 11.1 Å². The van der Waals surface area contributed by atoms with Crippen molar-refractivity contribution in [1.82, 2.24) is 10.3 Å². The van der Waals surface area contributed by atoms with Gasteiger partial charge in [0.05, 0.1) is 0 Å². The highest BCUT2D eigenvalue weighted by Crippen LogP contribution is 2.08. The number of carbonyl (C=O) groups is 1. The minimum atomic E-state index is -0.162. The number of hydrogen-bond donors (Lipinski definition) is 2. The first-order valence-corrected chi connectivity index (χ1v) is 6.14. The molecular formula is C12H13N3OS. The minimum absolute atomic E-state index is 0.162. The summed E-state index contributed by atoms with van der Waals surface area (Å²) in [5.74, 6) is -0.162. The van der Waals surface area contributed by atoms with Gasteiger partial charge in [0.2, 0.25) is 0 Å². The van der Waals surface area contributed by atoms with Gasteiger partial charge in [-0.25, -0.2) is 4.98 Å². The molecule has 2 aromatic rings.